The molecule has 0 aliphatic carbocycles. The van der Waals surface area contributed by atoms with Crippen LogP contribution in [0.4, 0.5) is 5.82 Å². The molecule has 0 saturated carbocycles. The van der Waals surface area contributed by atoms with E-state index in [-0.39, 0.29) is 0 Å². The summed E-state index contributed by atoms with van der Waals surface area (Å²) in [4.78, 5) is 13.2. The number of nitrogens with one attached hydrogen (secondary N) is 1. The summed E-state index contributed by atoms with van der Waals surface area (Å²) in [6.07, 6.45) is 9.10. The predicted molar refractivity (Wildman–Crippen MR) is 87.7 cm³/mol. The molecule has 7 heteroatoms. The second-order valence-electron chi connectivity index (χ2n) is 5.29. The van der Waals surface area contributed by atoms with Crippen LogP contribution in [0.3, 0.4) is 0 Å². The van der Waals surface area contributed by atoms with Gasteiger partial charge in [0.1, 0.15) is 18.5 Å². The molecule has 118 valence electrons. The largest absolute Gasteiger partial charge is 0.370 e. The maximum absolute atomic E-state index is 4.56. The fraction of sp³-hybridized carbons (Fsp3) is 0.312. The maximum Gasteiger partial charge on any atom is 0.163 e. The summed E-state index contributed by atoms with van der Waals surface area (Å²) < 4.78 is 1.98. The Balaban J connectivity index is 1.54. The van der Waals surface area contributed by atoms with Crippen LogP contribution in [0, 0.1) is 6.92 Å². The average Bonchev–Trinajstić information content (AvgIpc) is 3.08. The van der Waals surface area contributed by atoms with Crippen LogP contribution in [0.1, 0.15) is 18.5 Å². The van der Waals surface area contributed by atoms with Crippen molar-refractivity contribution in [2.75, 3.05) is 11.9 Å². The molecule has 3 rings (SSSR count). The fourth-order valence-electron chi connectivity index (χ4n) is 2.26. The van der Waals surface area contributed by atoms with Crippen molar-refractivity contribution >= 4 is 5.82 Å². The van der Waals surface area contributed by atoms with Crippen LogP contribution in [0.25, 0.3) is 11.4 Å². The van der Waals surface area contributed by atoms with Gasteiger partial charge in [0.2, 0.25) is 0 Å². The van der Waals surface area contributed by atoms with Crippen LogP contribution in [-0.2, 0) is 6.54 Å². The first kappa shape index (κ1) is 15.1. The Kier molecular flexibility index (Phi) is 4.88. The highest BCUT2D eigenvalue weighted by atomic mass is 15.2. The van der Waals surface area contributed by atoms with Crippen LogP contribution < -0.4 is 5.32 Å². The molecule has 3 aromatic heterocycles. The molecule has 23 heavy (non-hydrogen) atoms. The van der Waals surface area contributed by atoms with Gasteiger partial charge in [0, 0.05) is 42.8 Å². The van der Waals surface area contributed by atoms with Gasteiger partial charge in [-0.15, -0.1) is 10.2 Å². The molecule has 0 fully saturated rings. The van der Waals surface area contributed by atoms with E-state index in [1.165, 1.54) is 0 Å². The fourth-order valence-corrected chi connectivity index (χ4v) is 2.26. The Hall–Kier alpha value is -2.83. The Morgan fingerprint density at radius 3 is 2.78 bits per heavy atom. The lowest BCUT2D eigenvalue weighted by molar-refractivity contribution is 0.619. The summed E-state index contributed by atoms with van der Waals surface area (Å²) >= 11 is 0. The lowest BCUT2D eigenvalue weighted by Gasteiger charge is -2.08. The minimum Gasteiger partial charge on any atom is -0.370 e. The van der Waals surface area contributed by atoms with E-state index in [0.717, 1.165) is 43.0 Å². The first-order chi connectivity index (χ1) is 11.3. The molecule has 0 atom stereocenters. The molecule has 3 aromatic rings. The molecule has 0 saturated heterocycles. The predicted octanol–water partition coefficient (Wildman–Crippen LogP) is 2.33. The topological polar surface area (TPSA) is 81.4 Å². The van der Waals surface area contributed by atoms with Gasteiger partial charge in [-0.05, 0) is 31.9 Å². The van der Waals surface area contributed by atoms with Gasteiger partial charge in [0.25, 0.3) is 0 Å². The summed E-state index contributed by atoms with van der Waals surface area (Å²) in [6, 6.07) is 5.81. The molecular formula is C16H19N7. The van der Waals surface area contributed by atoms with Crippen molar-refractivity contribution in [2.45, 2.75) is 26.3 Å². The summed E-state index contributed by atoms with van der Waals surface area (Å²) in [5, 5.41) is 10.9. The molecule has 0 unspecified atom stereocenters. The second-order valence-corrected chi connectivity index (χ2v) is 5.29. The molecule has 0 aromatic carbocycles. The van der Waals surface area contributed by atoms with Crippen LogP contribution in [0.5, 0.6) is 0 Å². The highest BCUT2D eigenvalue weighted by molar-refractivity contribution is 5.56. The van der Waals surface area contributed by atoms with Crippen molar-refractivity contribution in [2.24, 2.45) is 0 Å². The normalized spacial score (nSPS) is 10.7. The minimum atomic E-state index is 0.699. The number of anilines is 1. The van der Waals surface area contributed by atoms with E-state index in [4.69, 9.17) is 0 Å². The number of rotatable bonds is 7. The van der Waals surface area contributed by atoms with Crippen molar-refractivity contribution in [1.29, 1.82) is 0 Å². The zero-order chi connectivity index (χ0) is 15.9. The number of hydrogen-bond acceptors (Lipinski definition) is 6. The number of pyridine rings is 1. The monoisotopic (exact) mass is 309 g/mol. The van der Waals surface area contributed by atoms with Gasteiger partial charge < -0.3 is 9.88 Å². The number of aryl methyl sites for hydroxylation is 2. The Labute approximate surface area is 134 Å². The van der Waals surface area contributed by atoms with Crippen molar-refractivity contribution in [3.63, 3.8) is 0 Å². The molecule has 7 nitrogen and oxygen atoms in total. The molecule has 0 radical (unpaired) electrons. The third kappa shape index (κ3) is 4.32. The van der Waals surface area contributed by atoms with E-state index in [2.05, 4.69) is 30.5 Å². The van der Waals surface area contributed by atoms with E-state index < -0.39 is 0 Å². The average molecular weight is 309 g/mol. The highest BCUT2D eigenvalue weighted by Gasteiger charge is 2.04. The standard InChI is InChI=1S/C16H19N7/c1-13-9-15(18-7-2-3-8-23-11-19-20-12-23)22-16(21-13)14-5-4-6-17-10-14/h4-6,9-12H,2-3,7-8H2,1H3,(H,18,21,22). The summed E-state index contributed by atoms with van der Waals surface area (Å²) in [5.41, 5.74) is 1.86. The molecule has 0 aliphatic rings. The lowest BCUT2D eigenvalue weighted by Crippen LogP contribution is -2.06. The smallest absolute Gasteiger partial charge is 0.163 e. The summed E-state index contributed by atoms with van der Waals surface area (Å²) in [7, 11) is 0. The van der Waals surface area contributed by atoms with E-state index >= 15 is 0 Å². The SMILES string of the molecule is Cc1cc(NCCCCn2cnnc2)nc(-c2cccnc2)n1. The number of unbranched alkanes of at least 4 members (excludes halogenated alkanes) is 1. The zero-order valence-corrected chi connectivity index (χ0v) is 13.1. The first-order valence-corrected chi connectivity index (χ1v) is 7.63. The molecule has 0 amide bonds. The third-order valence-electron chi connectivity index (χ3n) is 3.39. The van der Waals surface area contributed by atoms with E-state index in [0.29, 0.717) is 5.82 Å². The lowest BCUT2D eigenvalue weighted by atomic mass is 10.2. The van der Waals surface area contributed by atoms with Crippen LogP contribution in [0.2, 0.25) is 0 Å². The van der Waals surface area contributed by atoms with Gasteiger partial charge >= 0.3 is 0 Å². The molecule has 3 heterocycles. The zero-order valence-electron chi connectivity index (χ0n) is 13.1. The quantitative estimate of drug-likeness (QED) is 0.675. The van der Waals surface area contributed by atoms with Crippen molar-refractivity contribution < 1.29 is 0 Å². The van der Waals surface area contributed by atoms with E-state index in [9.17, 15) is 0 Å². The molecule has 0 spiro atoms. The van der Waals surface area contributed by atoms with Crippen molar-refractivity contribution in [3.8, 4) is 11.4 Å². The summed E-state index contributed by atoms with van der Waals surface area (Å²) in [6.45, 7) is 3.77. The molecular weight excluding hydrogens is 290 g/mol. The first-order valence-electron chi connectivity index (χ1n) is 7.63. The van der Waals surface area contributed by atoms with Gasteiger partial charge in [0.15, 0.2) is 5.82 Å². The Bertz CT molecular complexity index is 725. The van der Waals surface area contributed by atoms with Crippen molar-refractivity contribution in [1.82, 2.24) is 29.7 Å². The molecule has 0 aliphatic heterocycles. The minimum absolute atomic E-state index is 0.699. The van der Waals surface area contributed by atoms with Crippen molar-refractivity contribution in [3.05, 3.63) is 48.9 Å². The second kappa shape index (κ2) is 7.44. The van der Waals surface area contributed by atoms with E-state index in [1.807, 2.05) is 29.7 Å². The molecule has 0 bridgehead atoms. The Morgan fingerprint density at radius 2 is 2.00 bits per heavy atom. The highest BCUT2D eigenvalue weighted by Crippen LogP contribution is 2.16. The van der Waals surface area contributed by atoms with E-state index in [1.54, 1.807) is 25.0 Å². The summed E-state index contributed by atoms with van der Waals surface area (Å²) in [5.74, 6) is 1.55. The Morgan fingerprint density at radius 1 is 1.13 bits per heavy atom. The van der Waals surface area contributed by atoms with Crippen LogP contribution in [0.15, 0.2) is 43.2 Å². The number of hydrogen-bond donors (Lipinski definition) is 1. The van der Waals surface area contributed by atoms with Gasteiger partial charge in [-0.25, -0.2) is 9.97 Å². The van der Waals surface area contributed by atoms with Gasteiger partial charge in [-0.2, -0.15) is 0 Å². The number of aromatic nitrogens is 6. The van der Waals surface area contributed by atoms with Gasteiger partial charge in [-0.3, -0.25) is 4.98 Å². The van der Waals surface area contributed by atoms with Crippen LogP contribution in [-0.4, -0.2) is 36.3 Å². The van der Waals surface area contributed by atoms with Gasteiger partial charge in [-0.1, -0.05) is 0 Å². The van der Waals surface area contributed by atoms with Gasteiger partial charge in [0.05, 0.1) is 0 Å². The van der Waals surface area contributed by atoms with Crippen LogP contribution >= 0.6 is 0 Å². The third-order valence-corrected chi connectivity index (χ3v) is 3.39. The maximum atomic E-state index is 4.56. The number of nitrogens with zero attached hydrogens (tertiary/aromatic N) is 6. The molecule has 1 N–H and O–H groups in total.